The average molecular weight is 297 g/mol. The predicted octanol–water partition coefficient (Wildman–Crippen LogP) is 4.10. The summed E-state index contributed by atoms with van der Waals surface area (Å²) >= 11 is 0. The highest BCUT2D eigenvalue weighted by Crippen LogP contribution is 2.31. The van der Waals surface area contributed by atoms with E-state index in [1.807, 2.05) is 0 Å². The lowest BCUT2D eigenvalue weighted by molar-refractivity contribution is 1.22. The van der Waals surface area contributed by atoms with Crippen LogP contribution in [0.3, 0.4) is 0 Å². The summed E-state index contributed by atoms with van der Waals surface area (Å²) in [7, 11) is -2.44. The second kappa shape index (κ2) is 5.01. The van der Waals surface area contributed by atoms with Crippen LogP contribution in [0.5, 0.6) is 0 Å². The van der Waals surface area contributed by atoms with E-state index in [9.17, 15) is 0 Å². The second-order valence-electron chi connectivity index (χ2n) is 7.40. The van der Waals surface area contributed by atoms with Gasteiger partial charge < -0.3 is 0 Å². The van der Waals surface area contributed by atoms with Crippen molar-refractivity contribution in [2.45, 2.75) is 37.4 Å². The number of benzene rings is 2. The molecule has 0 saturated carbocycles. The van der Waals surface area contributed by atoms with Crippen molar-refractivity contribution in [3.05, 3.63) is 65.7 Å². The maximum Gasteiger partial charge on any atom is 0.0857 e. The third kappa shape index (κ3) is 2.67. The number of hydrogen-bond acceptors (Lipinski definition) is 0. The van der Waals surface area contributed by atoms with Gasteiger partial charge in [-0.25, -0.2) is 0 Å². The summed E-state index contributed by atoms with van der Waals surface area (Å²) in [5, 5.41) is 1.73. The summed E-state index contributed by atoms with van der Waals surface area (Å²) in [6, 6.07) is 23.1. The molecule has 1 aliphatic rings. The summed E-state index contributed by atoms with van der Waals surface area (Å²) in [5.74, 6) is 0. The number of fused-ring (bicyclic) bond motifs is 1. The van der Waals surface area contributed by atoms with Crippen LogP contribution in [0, 0.1) is 0 Å². The van der Waals surface area contributed by atoms with Gasteiger partial charge in [0.1, 0.15) is 0 Å². The zero-order valence-electron chi connectivity index (χ0n) is 12.8. The number of rotatable bonds is 2. The fourth-order valence-electron chi connectivity index (χ4n) is 4.20. The molecule has 0 aliphatic carbocycles. The standard InChI is InChI=1S/C18H24Si2/c1-19(2)14-17-11-7-8-12-18(17)20(3,15-19)13-16-9-5-4-6-10-16/h4-12H,13-15H2,1-3H3. The van der Waals surface area contributed by atoms with Gasteiger partial charge in [-0.2, -0.15) is 0 Å². The average Bonchev–Trinajstić information content (AvgIpc) is 2.38. The lowest BCUT2D eigenvalue weighted by atomic mass is 10.2. The largest absolute Gasteiger partial charge is 0.0857 e. The topological polar surface area (TPSA) is 0 Å². The molecule has 0 amide bonds. The van der Waals surface area contributed by atoms with Gasteiger partial charge in [0.2, 0.25) is 0 Å². The molecule has 0 fully saturated rings. The van der Waals surface area contributed by atoms with E-state index in [2.05, 4.69) is 74.2 Å². The molecule has 0 saturated heterocycles. The van der Waals surface area contributed by atoms with Crippen LogP contribution in [0.2, 0.25) is 25.3 Å². The highest BCUT2D eigenvalue weighted by molar-refractivity contribution is 7.03. The van der Waals surface area contributed by atoms with Gasteiger partial charge in [0.05, 0.1) is 8.07 Å². The Morgan fingerprint density at radius 2 is 1.50 bits per heavy atom. The smallest absolute Gasteiger partial charge is 0.0693 e. The Kier molecular flexibility index (Phi) is 3.47. The van der Waals surface area contributed by atoms with E-state index < -0.39 is 16.1 Å². The molecule has 2 aromatic rings. The highest BCUT2D eigenvalue weighted by Gasteiger charge is 2.42. The monoisotopic (exact) mass is 296 g/mol. The molecular formula is C18H24Si2. The lowest BCUT2D eigenvalue weighted by Crippen LogP contribution is -2.59. The van der Waals surface area contributed by atoms with E-state index in [1.165, 1.54) is 23.3 Å². The molecule has 1 atom stereocenters. The van der Waals surface area contributed by atoms with Gasteiger partial charge in [-0.1, -0.05) is 96.2 Å². The summed E-state index contributed by atoms with van der Waals surface area (Å²) in [6.07, 6.45) is 0. The van der Waals surface area contributed by atoms with E-state index in [1.54, 1.807) is 10.8 Å². The van der Waals surface area contributed by atoms with Crippen molar-refractivity contribution in [2.24, 2.45) is 0 Å². The normalized spacial score (nSPS) is 24.1. The van der Waals surface area contributed by atoms with Gasteiger partial charge in [-0.15, -0.1) is 0 Å². The minimum Gasteiger partial charge on any atom is -0.0693 e. The molecule has 0 bridgehead atoms. The maximum absolute atomic E-state index is 2.62. The van der Waals surface area contributed by atoms with Gasteiger partial charge in [0.15, 0.2) is 0 Å². The third-order valence-electron chi connectivity index (χ3n) is 4.64. The van der Waals surface area contributed by atoms with Crippen molar-refractivity contribution in [1.82, 2.24) is 0 Å². The van der Waals surface area contributed by atoms with Crippen molar-refractivity contribution < 1.29 is 0 Å². The first-order chi connectivity index (χ1) is 9.49. The van der Waals surface area contributed by atoms with Crippen LogP contribution in [-0.4, -0.2) is 16.1 Å². The van der Waals surface area contributed by atoms with Crippen LogP contribution in [0.4, 0.5) is 0 Å². The predicted molar refractivity (Wildman–Crippen MR) is 93.8 cm³/mol. The molecule has 104 valence electrons. The Bertz CT molecular complexity index is 604. The molecule has 1 heterocycles. The summed E-state index contributed by atoms with van der Waals surface area (Å²) in [6.45, 7) is 7.78. The van der Waals surface area contributed by atoms with Crippen LogP contribution >= 0.6 is 0 Å². The maximum atomic E-state index is 2.62. The van der Waals surface area contributed by atoms with E-state index in [4.69, 9.17) is 0 Å². The quantitative estimate of drug-likeness (QED) is 0.732. The number of hydrogen-bond donors (Lipinski definition) is 0. The first kappa shape index (κ1) is 13.8. The second-order valence-corrected chi connectivity index (χ2v) is 17.5. The van der Waals surface area contributed by atoms with Crippen molar-refractivity contribution in [1.29, 1.82) is 0 Å². The van der Waals surface area contributed by atoms with Gasteiger partial charge in [-0.05, 0) is 12.1 Å². The zero-order chi connectivity index (χ0) is 14.2. The lowest BCUT2D eigenvalue weighted by Gasteiger charge is -2.42. The third-order valence-corrected chi connectivity index (χ3v) is 15.9. The molecule has 0 radical (unpaired) electrons. The van der Waals surface area contributed by atoms with Crippen molar-refractivity contribution in [3.8, 4) is 0 Å². The Morgan fingerprint density at radius 3 is 2.25 bits per heavy atom. The van der Waals surface area contributed by atoms with E-state index in [0.29, 0.717) is 0 Å². The molecule has 2 aromatic carbocycles. The van der Waals surface area contributed by atoms with E-state index in [0.717, 1.165) is 0 Å². The summed E-state index contributed by atoms with van der Waals surface area (Å²) in [4.78, 5) is 0. The van der Waals surface area contributed by atoms with Crippen molar-refractivity contribution in [2.75, 3.05) is 0 Å². The van der Waals surface area contributed by atoms with Crippen LogP contribution in [-0.2, 0) is 12.1 Å². The molecule has 0 nitrogen and oxygen atoms in total. The van der Waals surface area contributed by atoms with E-state index in [-0.39, 0.29) is 0 Å². The summed E-state index contributed by atoms with van der Waals surface area (Å²) < 4.78 is 0. The van der Waals surface area contributed by atoms with E-state index >= 15 is 0 Å². The van der Waals surface area contributed by atoms with Crippen LogP contribution in [0.15, 0.2) is 54.6 Å². The van der Waals surface area contributed by atoms with Gasteiger partial charge >= 0.3 is 0 Å². The van der Waals surface area contributed by atoms with Gasteiger partial charge in [0.25, 0.3) is 0 Å². The zero-order valence-corrected chi connectivity index (χ0v) is 14.8. The fourth-order valence-corrected chi connectivity index (χ4v) is 18.7. The molecule has 20 heavy (non-hydrogen) atoms. The molecule has 2 heteroatoms. The minimum absolute atomic E-state index is 1.07. The Balaban J connectivity index is 2.03. The fraction of sp³-hybridized carbons (Fsp3) is 0.333. The van der Waals surface area contributed by atoms with Crippen LogP contribution in [0.25, 0.3) is 0 Å². The molecule has 0 spiro atoms. The first-order valence-corrected chi connectivity index (χ1v) is 13.9. The molecular weight excluding hydrogens is 272 g/mol. The Labute approximate surface area is 124 Å². The van der Waals surface area contributed by atoms with Crippen molar-refractivity contribution in [3.63, 3.8) is 0 Å². The molecule has 1 unspecified atom stereocenters. The van der Waals surface area contributed by atoms with Crippen LogP contribution in [0.1, 0.15) is 11.1 Å². The van der Waals surface area contributed by atoms with Crippen LogP contribution < -0.4 is 5.19 Å². The highest BCUT2D eigenvalue weighted by atomic mass is 28.4. The molecule has 0 aromatic heterocycles. The molecule has 1 aliphatic heterocycles. The minimum atomic E-state index is -1.37. The molecule has 3 rings (SSSR count). The SMILES string of the molecule is C[Si]1(C)Cc2ccccc2[Si](C)(Cc2ccccc2)C1. The van der Waals surface area contributed by atoms with Crippen molar-refractivity contribution >= 4 is 21.3 Å². The first-order valence-electron chi connectivity index (χ1n) is 7.61. The van der Waals surface area contributed by atoms with Gasteiger partial charge in [-0.3, -0.25) is 0 Å². The Hall–Kier alpha value is -1.13. The molecule has 0 N–H and O–H groups in total. The Morgan fingerprint density at radius 1 is 0.850 bits per heavy atom. The van der Waals surface area contributed by atoms with Gasteiger partial charge in [0, 0.05) is 8.07 Å². The summed E-state index contributed by atoms with van der Waals surface area (Å²) in [5.41, 5.74) is 4.73.